The van der Waals surface area contributed by atoms with Crippen molar-refractivity contribution in [3.63, 3.8) is 0 Å². The number of carboxylic acid groups (broad SMARTS) is 1. The maximum Gasteiger partial charge on any atom is 0.410 e. The normalized spacial score (nSPS) is 17.1. The van der Waals surface area contributed by atoms with Crippen molar-refractivity contribution in [2.75, 3.05) is 31.6 Å². The van der Waals surface area contributed by atoms with Gasteiger partial charge in [0, 0.05) is 25.7 Å². The number of nitrogens with one attached hydrogen (secondary N) is 3. The van der Waals surface area contributed by atoms with Gasteiger partial charge in [-0.3, -0.25) is 9.59 Å². The van der Waals surface area contributed by atoms with Crippen molar-refractivity contribution in [2.24, 2.45) is 5.92 Å². The highest BCUT2D eigenvalue weighted by Gasteiger charge is 2.37. The minimum Gasteiger partial charge on any atom is -0.480 e. The molecule has 0 bridgehead atoms. The number of amides is 3. The Balaban J connectivity index is 1.50. The molecular formula is C29H39N5O7. The number of aromatic nitrogens is 1. The fraction of sp³-hybridized carbons (Fsp3) is 0.483. The molecule has 2 aromatic rings. The highest BCUT2D eigenvalue weighted by Crippen LogP contribution is 2.22. The van der Waals surface area contributed by atoms with Gasteiger partial charge in [0.25, 0.3) is 0 Å². The van der Waals surface area contributed by atoms with Crippen molar-refractivity contribution >= 4 is 29.7 Å². The predicted molar refractivity (Wildman–Crippen MR) is 151 cm³/mol. The van der Waals surface area contributed by atoms with Crippen LogP contribution in [0.3, 0.4) is 0 Å². The molecule has 3 rings (SSSR count). The SMILES string of the molecule is CC(C)CCC(=O)N[C@@H](CNC(=O)CO[C@@H]1C[C@@H](CNc2ccccn2)N(C(=O)OCc2ccccc2)C1)C(=O)O. The molecule has 0 aliphatic carbocycles. The predicted octanol–water partition coefficient (Wildman–Crippen LogP) is 2.41. The summed E-state index contributed by atoms with van der Waals surface area (Å²) >= 11 is 0. The number of likely N-dealkylation sites (tertiary alicyclic amines) is 1. The van der Waals surface area contributed by atoms with Gasteiger partial charge in [-0.2, -0.15) is 0 Å². The highest BCUT2D eigenvalue weighted by molar-refractivity contribution is 5.84. The molecule has 12 nitrogen and oxygen atoms in total. The number of carboxylic acids is 1. The molecule has 3 amide bonds. The number of carbonyl (C=O) groups is 4. The lowest BCUT2D eigenvalue weighted by atomic mass is 10.1. The van der Waals surface area contributed by atoms with Gasteiger partial charge in [0.1, 0.15) is 25.1 Å². The Morgan fingerprint density at radius 1 is 1.07 bits per heavy atom. The van der Waals surface area contributed by atoms with Gasteiger partial charge in [-0.25, -0.2) is 14.6 Å². The summed E-state index contributed by atoms with van der Waals surface area (Å²) < 4.78 is 11.3. The van der Waals surface area contributed by atoms with Gasteiger partial charge in [-0.15, -0.1) is 0 Å². The molecule has 1 aromatic heterocycles. The van der Waals surface area contributed by atoms with Crippen LogP contribution in [-0.4, -0.2) is 83.3 Å². The number of nitrogens with zero attached hydrogens (tertiary/aromatic N) is 2. The molecule has 1 aromatic carbocycles. The van der Waals surface area contributed by atoms with Gasteiger partial charge in [0.2, 0.25) is 11.8 Å². The van der Waals surface area contributed by atoms with E-state index < -0.39 is 30.1 Å². The van der Waals surface area contributed by atoms with Gasteiger partial charge in [-0.1, -0.05) is 50.2 Å². The third-order valence-corrected chi connectivity index (χ3v) is 6.53. The average molecular weight is 570 g/mol. The smallest absolute Gasteiger partial charge is 0.410 e. The van der Waals surface area contributed by atoms with Crippen LogP contribution in [0.15, 0.2) is 54.7 Å². The summed E-state index contributed by atoms with van der Waals surface area (Å²) in [6.07, 6.45) is 2.04. The van der Waals surface area contributed by atoms with Gasteiger partial charge in [0.15, 0.2) is 0 Å². The minimum atomic E-state index is -1.25. The third kappa shape index (κ3) is 11.1. The van der Waals surface area contributed by atoms with Crippen LogP contribution in [0.4, 0.5) is 10.6 Å². The molecule has 0 saturated carbocycles. The van der Waals surface area contributed by atoms with E-state index in [0.29, 0.717) is 31.1 Å². The van der Waals surface area contributed by atoms with Crippen LogP contribution in [0.1, 0.15) is 38.7 Å². The zero-order chi connectivity index (χ0) is 29.6. The molecule has 0 spiro atoms. The number of ether oxygens (including phenoxy) is 2. The number of rotatable bonds is 15. The Labute approximate surface area is 239 Å². The summed E-state index contributed by atoms with van der Waals surface area (Å²) in [5.41, 5.74) is 0.864. The second-order valence-electron chi connectivity index (χ2n) is 10.3. The van der Waals surface area contributed by atoms with Crippen LogP contribution in [0.2, 0.25) is 0 Å². The summed E-state index contributed by atoms with van der Waals surface area (Å²) in [6.45, 7) is 4.09. The average Bonchev–Trinajstić information content (AvgIpc) is 3.39. The molecule has 3 atom stereocenters. The summed E-state index contributed by atoms with van der Waals surface area (Å²) in [5, 5.41) is 17.6. The van der Waals surface area contributed by atoms with E-state index in [1.54, 1.807) is 11.1 Å². The number of anilines is 1. The standard InChI is InChI=1S/C29H39N5O7/c1-20(2)11-12-26(35)33-24(28(37)38)16-32-27(36)19-40-23-14-22(15-31-25-10-6-7-13-30-25)34(17-23)29(39)41-18-21-8-4-3-5-9-21/h3-10,13,20,22-24H,11-12,14-19H2,1-2H3,(H,30,31)(H,32,36)(H,33,35)(H,37,38)/t22-,23+,24-/m0/s1. The monoisotopic (exact) mass is 569 g/mol. The van der Waals surface area contributed by atoms with Gasteiger partial charge in [0.05, 0.1) is 18.7 Å². The fourth-order valence-corrected chi connectivity index (χ4v) is 4.25. The lowest BCUT2D eigenvalue weighted by Gasteiger charge is -2.24. The molecule has 4 N–H and O–H groups in total. The lowest BCUT2D eigenvalue weighted by molar-refractivity contribution is -0.142. The topological polar surface area (TPSA) is 159 Å². The largest absolute Gasteiger partial charge is 0.480 e. The van der Waals surface area contributed by atoms with E-state index in [0.717, 1.165) is 5.56 Å². The fourth-order valence-electron chi connectivity index (χ4n) is 4.25. The van der Waals surface area contributed by atoms with Crippen LogP contribution < -0.4 is 16.0 Å². The van der Waals surface area contributed by atoms with E-state index in [9.17, 15) is 24.3 Å². The first-order valence-corrected chi connectivity index (χ1v) is 13.7. The van der Waals surface area contributed by atoms with Crippen LogP contribution in [0.5, 0.6) is 0 Å². The molecule has 222 valence electrons. The van der Waals surface area contributed by atoms with Crippen LogP contribution in [0.25, 0.3) is 0 Å². The van der Waals surface area contributed by atoms with E-state index in [2.05, 4.69) is 20.9 Å². The lowest BCUT2D eigenvalue weighted by Crippen LogP contribution is -2.49. The molecule has 0 unspecified atom stereocenters. The zero-order valence-electron chi connectivity index (χ0n) is 23.5. The molecule has 1 aliphatic rings. The van der Waals surface area contributed by atoms with Gasteiger partial charge >= 0.3 is 12.1 Å². The highest BCUT2D eigenvalue weighted by atomic mass is 16.6. The number of carbonyl (C=O) groups excluding carboxylic acids is 3. The summed E-state index contributed by atoms with van der Waals surface area (Å²) in [6, 6.07) is 13.3. The van der Waals surface area contributed by atoms with Crippen molar-refractivity contribution in [3.05, 3.63) is 60.3 Å². The Morgan fingerprint density at radius 2 is 1.83 bits per heavy atom. The van der Waals surface area contributed by atoms with Crippen molar-refractivity contribution < 1.29 is 33.8 Å². The Bertz CT molecular complexity index is 1130. The number of hydrogen-bond acceptors (Lipinski definition) is 8. The number of benzene rings is 1. The number of pyridine rings is 1. The molecule has 41 heavy (non-hydrogen) atoms. The summed E-state index contributed by atoms with van der Waals surface area (Å²) in [4.78, 5) is 54.8. The minimum absolute atomic E-state index is 0.128. The van der Waals surface area contributed by atoms with E-state index in [4.69, 9.17) is 9.47 Å². The molecule has 1 aliphatic heterocycles. The summed E-state index contributed by atoms with van der Waals surface area (Å²) in [5.74, 6) is -1.18. The molecule has 1 saturated heterocycles. The maximum absolute atomic E-state index is 13.0. The second-order valence-corrected chi connectivity index (χ2v) is 10.3. The van der Waals surface area contributed by atoms with E-state index in [-0.39, 0.29) is 44.7 Å². The van der Waals surface area contributed by atoms with E-state index in [1.807, 2.05) is 62.4 Å². The number of aliphatic carboxylic acids is 1. The van der Waals surface area contributed by atoms with Crippen LogP contribution in [0, 0.1) is 5.92 Å². The van der Waals surface area contributed by atoms with Crippen molar-refractivity contribution in [3.8, 4) is 0 Å². The first-order chi connectivity index (χ1) is 19.7. The number of hydrogen-bond donors (Lipinski definition) is 4. The van der Waals surface area contributed by atoms with E-state index >= 15 is 0 Å². The quantitative estimate of drug-likeness (QED) is 0.253. The molecule has 2 heterocycles. The zero-order valence-corrected chi connectivity index (χ0v) is 23.5. The van der Waals surface area contributed by atoms with Crippen LogP contribution in [-0.2, 0) is 30.5 Å². The summed E-state index contributed by atoms with van der Waals surface area (Å²) in [7, 11) is 0. The molecule has 12 heteroatoms. The second kappa shape index (κ2) is 16.2. The van der Waals surface area contributed by atoms with Crippen molar-refractivity contribution in [2.45, 2.75) is 57.9 Å². The Hall–Kier alpha value is -4.19. The third-order valence-electron chi connectivity index (χ3n) is 6.53. The van der Waals surface area contributed by atoms with Crippen molar-refractivity contribution in [1.29, 1.82) is 0 Å². The molecular weight excluding hydrogens is 530 g/mol. The Morgan fingerprint density at radius 3 is 2.51 bits per heavy atom. The van der Waals surface area contributed by atoms with Crippen LogP contribution >= 0.6 is 0 Å². The first kappa shape index (κ1) is 31.3. The van der Waals surface area contributed by atoms with E-state index in [1.165, 1.54) is 0 Å². The van der Waals surface area contributed by atoms with Gasteiger partial charge in [-0.05, 0) is 36.5 Å². The molecule has 0 radical (unpaired) electrons. The first-order valence-electron chi connectivity index (χ1n) is 13.7. The maximum atomic E-state index is 13.0. The van der Waals surface area contributed by atoms with Crippen molar-refractivity contribution in [1.82, 2.24) is 20.5 Å². The Kier molecular flexibility index (Phi) is 12.4. The molecule has 1 fully saturated rings. The van der Waals surface area contributed by atoms with Gasteiger partial charge < -0.3 is 35.4 Å².